The van der Waals surface area contributed by atoms with Crippen molar-refractivity contribution in [2.75, 3.05) is 31.7 Å². The lowest BCUT2D eigenvalue weighted by atomic mass is 9.96. The molecule has 2 aliphatic rings. The van der Waals surface area contributed by atoms with Crippen molar-refractivity contribution in [3.8, 4) is 22.6 Å². The first kappa shape index (κ1) is 27.5. The zero-order chi connectivity index (χ0) is 27.8. The van der Waals surface area contributed by atoms with E-state index in [9.17, 15) is 22.8 Å². The van der Waals surface area contributed by atoms with Crippen LogP contribution in [0.3, 0.4) is 0 Å². The molecular weight excluding hydrogens is 512 g/mol. The molecule has 2 aliphatic heterocycles. The van der Waals surface area contributed by atoms with Gasteiger partial charge in [-0.1, -0.05) is 12.1 Å². The smallest absolute Gasteiger partial charge is 0.495 e. The highest BCUT2D eigenvalue weighted by molar-refractivity contribution is 5.97. The summed E-state index contributed by atoms with van der Waals surface area (Å²) in [6.45, 7) is 5.47. The highest BCUT2D eigenvalue weighted by Gasteiger charge is 2.44. The summed E-state index contributed by atoms with van der Waals surface area (Å²) in [4.78, 5) is 28.4. The topological polar surface area (TPSA) is 77.5 Å². The second-order valence-electron chi connectivity index (χ2n) is 9.98. The number of carbonyl (C=O) groups excluding carboxylic acids is 2. The Labute approximate surface area is 217 Å². The van der Waals surface area contributed by atoms with E-state index in [1.807, 2.05) is 0 Å². The van der Waals surface area contributed by atoms with E-state index in [0.29, 0.717) is 6.42 Å². The second kappa shape index (κ2) is 10.3. The lowest BCUT2D eigenvalue weighted by Crippen LogP contribution is -2.62. The molecule has 0 radical (unpaired) electrons. The Balaban J connectivity index is 1.62. The van der Waals surface area contributed by atoms with Gasteiger partial charge in [-0.2, -0.15) is 0 Å². The molecule has 0 aromatic heterocycles. The number of rotatable bonds is 4. The number of fused-ring (bicyclic) bond motifs is 1. The average molecular weight is 541 g/mol. The zero-order valence-electron chi connectivity index (χ0n) is 21.3. The molecular formula is C26H28F4N2O6. The minimum absolute atomic E-state index is 0.0322. The molecule has 38 heavy (non-hydrogen) atoms. The Hall–Kier alpha value is -3.54. The first-order chi connectivity index (χ1) is 17.8. The summed E-state index contributed by atoms with van der Waals surface area (Å²) in [5.41, 5.74) is -0.416. The highest BCUT2D eigenvalue weighted by atomic mass is 19.4. The Morgan fingerprint density at radius 3 is 2.53 bits per heavy atom. The summed E-state index contributed by atoms with van der Waals surface area (Å²) >= 11 is 0. The van der Waals surface area contributed by atoms with Crippen LogP contribution in [0.4, 0.5) is 28.0 Å². The minimum atomic E-state index is -4.90. The van der Waals surface area contributed by atoms with Crippen molar-refractivity contribution in [1.29, 1.82) is 0 Å². The van der Waals surface area contributed by atoms with Crippen LogP contribution in [-0.2, 0) is 14.3 Å². The van der Waals surface area contributed by atoms with Crippen molar-refractivity contribution in [3.63, 3.8) is 0 Å². The molecule has 2 fully saturated rings. The van der Waals surface area contributed by atoms with Gasteiger partial charge in [-0.15, -0.1) is 13.2 Å². The number of likely N-dealkylation sites (tertiary alicyclic amines) is 1. The molecule has 0 aliphatic carbocycles. The number of hydrogen-bond donors (Lipinski definition) is 0. The van der Waals surface area contributed by atoms with E-state index in [-0.39, 0.29) is 42.3 Å². The third kappa shape index (κ3) is 6.12. The fraction of sp³-hybridized carbons (Fsp3) is 0.462. The van der Waals surface area contributed by atoms with Gasteiger partial charge >= 0.3 is 12.5 Å². The van der Waals surface area contributed by atoms with Gasteiger partial charge in [-0.3, -0.25) is 4.79 Å². The summed E-state index contributed by atoms with van der Waals surface area (Å²) < 4.78 is 73.9. The normalized spacial score (nSPS) is 20.2. The standard InChI is InChI=1S/C26H28F4N2O6/c1-25(2,3)38-24(34)31-9-8-19-22(13-31)36-14-23(33)32(19)20-12-18(27)17(11-21(20)35-4)15-6-5-7-16(10-15)37-26(28,29)30/h5-7,10-12,19,22H,8-9,13-14H2,1-4H3/t19-,22-/m1/s1. The zero-order valence-corrected chi connectivity index (χ0v) is 21.3. The number of benzene rings is 2. The molecule has 12 heteroatoms. The van der Waals surface area contributed by atoms with Gasteiger partial charge < -0.3 is 28.7 Å². The lowest BCUT2D eigenvalue weighted by molar-refractivity contribution is -0.274. The highest BCUT2D eigenvalue weighted by Crippen LogP contribution is 2.40. The summed E-state index contributed by atoms with van der Waals surface area (Å²) in [5, 5.41) is 0. The molecule has 2 heterocycles. The third-order valence-electron chi connectivity index (χ3n) is 6.10. The Morgan fingerprint density at radius 1 is 1.13 bits per heavy atom. The van der Waals surface area contributed by atoms with Crippen molar-refractivity contribution < 1.29 is 46.1 Å². The predicted octanol–water partition coefficient (Wildman–Crippen LogP) is 5.14. The maximum Gasteiger partial charge on any atom is 0.573 e. The van der Waals surface area contributed by atoms with Crippen LogP contribution in [0.15, 0.2) is 36.4 Å². The van der Waals surface area contributed by atoms with E-state index in [0.717, 1.165) is 18.2 Å². The van der Waals surface area contributed by atoms with Crippen molar-refractivity contribution >= 4 is 17.7 Å². The van der Waals surface area contributed by atoms with Gasteiger partial charge in [-0.25, -0.2) is 9.18 Å². The summed E-state index contributed by atoms with van der Waals surface area (Å²) in [6, 6.07) is 6.85. The number of hydrogen-bond acceptors (Lipinski definition) is 6. The second-order valence-corrected chi connectivity index (χ2v) is 9.98. The maximum absolute atomic E-state index is 15.4. The SMILES string of the molecule is COc1cc(-c2cccc(OC(F)(F)F)c2)c(F)cc1N1C(=O)CO[C@@H]2CN(C(=O)OC(C)(C)C)CC[C@H]21. The first-order valence-corrected chi connectivity index (χ1v) is 11.9. The van der Waals surface area contributed by atoms with Gasteiger partial charge in [0.1, 0.15) is 29.5 Å². The summed E-state index contributed by atoms with van der Waals surface area (Å²) in [6.07, 6.45) is -5.59. The summed E-state index contributed by atoms with van der Waals surface area (Å²) in [7, 11) is 1.34. The van der Waals surface area contributed by atoms with Crippen molar-refractivity contribution in [2.45, 2.75) is 51.3 Å². The van der Waals surface area contributed by atoms with Gasteiger partial charge in [0.25, 0.3) is 5.91 Å². The monoisotopic (exact) mass is 540 g/mol. The van der Waals surface area contributed by atoms with Crippen LogP contribution in [-0.4, -0.2) is 67.8 Å². The van der Waals surface area contributed by atoms with Crippen LogP contribution >= 0.6 is 0 Å². The fourth-order valence-corrected chi connectivity index (χ4v) is 4.58. The van der Waals surface area contributed by atoms with Crippen LogP contribution < -0.4 is 14.4 Å². The molecule has 0 bridgehead atoms. The number of amides is 2. The number of anilines is 1. The third-order valence-corrected chi connectivity index (χ3v) is 6.10. The molecule has 206 valence electrons. The van der Waals surface area contributed by atoms with Crippen molar-refractivity contribution in [1.82, 2.24) is 4.90 Å². The Bertz CT molecular complexity index is 1210. The number of morpholine rings is 1. The van der Waals surface area contributed by atoms with Crippen LogP contribution in [0.2, 0.25) is 0 Å². The van der Waals surface area contributed by atoms with Crippen LogP contribution in [0.25, 0.3) is 11.1 Å². The van der Waals surface area contributed by atoms with E-state index in [2.05, 4.69) is 4.74 Å². The maximum atomic E-state index is 15.4. The Morgan fingerprint density at radius 2 is 1.87 bits per heavy atom. The summed E-state index contributed by atoms with van der Waals surface area (Å²) in [5.74, 6) is -1.54. The van der Waals surface area contributed by atoms with Gasteiger partial charge in [0.15, 0.2) is 0 Å². The molecule has 0 saturated carbocycles. The van der Waals surface area contributed by atoms with E-state index >= 15 is 4.39 Å². The van der Waals surface area contributed by atoms with E-state index in [1.54, 1.807) is 20.8 Å². The van der Waals surface area contributed by atoms with Gasteiger partial charge in [-0.05, 0) is 51.0 Å². The van der Waals surface area contributed by atoms with Crippen LogP contribution in [0.1, 0.15) is 27.2 Å². The van der Waals surface area contributed by atoms with Gasteiger partial charge in [0.2, 0.25) is 0 Å². The Kier molecular flexibility index (Phi) is 7.46. The van der Waals surface area contributed by atoms with E-state index < -0.39 is 47.7 Å². The van der Waals surface area contributed by atoms with Gasteiger partial charge in [0.05, 0.1) is 31.5 Å². The number of methoxy groups -OCH3 is 1. The molecule has 0 unspecified atom stereocenters. The van der Waals surface area contributed by atoms with E-state index in [1.165, 1.54) is 35.1 Å². The quantitative estimate of drug-likeness (QED) is 0.500. The van der Waals surface area contributed by atoms with Crippen LogP contribution in [0.5, 0.6) is 11.5 Å². The minimum Gasteiger partial charge on any atom is -0.495 e. The number of ether oxygens (including phenoxy) is 4. The van der Waals surface area contributed by atoms with Crippen LogP contribution in [0, 0.1) is 5.82 Å². The van der Waals surface area contributed by atoms with Crippen molar-refractivity contribution in [3.05, 3.63) is 42.2 Å². The number of piperidine rings is 1. The predicted molar refractivity (Wildman–Crippen MR) is 129 cm³/mol. The largest absolute Gasteiger partial charge is 0.573 e. The fourth-order valence-electron chi connectivity index (χ4n) is 4.58. The molecule has 2 atom stereocenters. The molecule has 0 spiro atoms. The molecule has 2 aromatic carbocycles. The van der Waals surface area contributed by atoms with Gasteiger partial charge in [0, 0.05) is 18.2 Å². The molecule has 0 N–H and O–H groups in total. The van der Waals surface area contributed by atoms with Crippen molar-refractivity contribution in [2.24, 2.45) is 0 Å². The number of halogens is 4. The molecule has 4 rings (SSSR count). The lowest BCUT2D eigenvalue weighted by Gasteiger charge is -2.46. The molecule has 2 saturated heterocycles. The molecule has 2 aromatic rings. The number of alkyl halides is 3. The first-order valence-electron chi connectivity index (χ1n) is 11.9. The molecule has 8 nitrogen and oxygen atoms in total. The van der Waals surface area contributed by atoms with E-state index in [4.69, 9.17) is 14.2 Å². The molecule has 2 amide bonds. The average Bonchev–Trinajstić information content (AvgIpc) is 2.81. The number of nitrogens with zero attached hydrogens (tertiary/aromatic N) is 2. The number of carbonyl (C=O) groups is 2.